The minimum atomic E-state index is 0.101. The molecular weight excluding hydrogens is 252 g/mol. The second-order valence-corrected chi connectivity index (χ2v) is 4.84. The van der Waals surface area contributed by atoms with Crippen LogP contribution in [0, 0.1) is 11.3 Å². The summed E-state index contributed by atoms with van der Waals surface area (Å²) in [7, 11) is 0. The quantitative estimate of drug-likeness (QED) is 0.824. The van der Waals surface area contributed by atoms with Crippen LogP contribution in [0.2, 0.25) is 0 Å². The average Bonchev–Trinajstić information content (AvgIpc) is 2.95. The molecule has 5 heteroatoms. The Labute approximate surface area is 117 Å². The number of carbonyl (C=O) groups is 1. The number of hydrogen-bond donors (Lipinski definition) is 0. The van der Waals surface area contributed by atoms with Crippen molar-refractivity contribution in [3.8, 4) is 6.07 Å². The molecule has 2 heterocycles. The van der Waals surface area contributed by atoms with Gasteiger partial charge in [-0.25, -0.2) is 4.98 Å². The van der Waals surface area contributed by atoms with E-state index in [4.69, 9.17) is 5.26 Å². The van der Waals surface area contributed by atoms with Crippen LogP contribution in [0.4, 0.5) is 0 Å². The summed E-state index contributed by atoms with van der Waals surface area (Å²) in [6.45, 7) is 2.09. The maximum absolute atomic E-state index is 12.3. The second kappa shape index (κ2) is 5.17. The molecule has 3 rings (SSSR count). The van der Waals surface area contributed by atoms with Crippen molar-refractivity contribution >= 4 is 5.91 Å². The number of hydrogen-bond acceptors (Lipinski definition) is 3. The molecule has 100 valence electrons. The lowest BCUT2D eigenvalue weighted by Crippen LogP contribution is -2.39. The second-order valence-electron chi connectivity index (χ2n) is 4.84. The van der Waals surface area contributed by atoms with Gasteiger partial charge in [0.1, 0.15) is 5.82 Å². The first-order valence-corrected chi connectivity index (χ1v) is 6.53. The van der Waals surface area contributed by atoms with E-state index in [-0.39, 0.29) is 5.91 Å². The highest BCUT2D eigenvalue weighted by Gasteiger charge is 2.20. The van der Waals surface area contributed by atoms with Crippen molar-refractivity contribution in [1.82, 2.24) is 14.5 Å². The zero-order valence-corrected chi connectivity index (χ0v) is 11.0. The molecule has 0 saturated carbocycles. The monoisotopic (exact) mass is 266 g/mol. The van der Waals surface area contributed by atoms with Crippen molar-refractivity contribution in [1.29, 1.82) is 5.26 Å². The highest BCUT2D eigenvalue weighted by molar-refractivity contribution is 5.78. The van der Waals surface area contributed by atoms with E-state index in [0.29, 0.717) is 18.5 Å². The molecule has 1 amide bonds. The van der Waals surface area contributed by atoms with Crippen LogP contribution in [0.15, 0.2) is 36.7 Å². The van der Waals surface area contributed by atoms with Gasteiger partial charge in [-0.15, -0.1) is 0 Å². The van der Waals surface area contributed by atoms with Gasteiger partial charge in [-0.1, -0.05) is 12.1 Å². The molecule has 0 unspecified atom stereocenters. The molecule has 1 aromatic carbocycles. The van der Waals surface area contributed by atoms with Crippen LogP contribution < -0.4 is 0 Å². The fourth-order valence-corrected chi connectivity index (χ4v) is 2.37. The molecule has 1 aliphatic heterocycles. The smallest absolute Gasteiger partial charge is 0.227 e. The predicted octanol–water partition coefficient (Wildman–Crippen LogP) is 1.34. The zero-order chi connectivity index (χ0) is 13.9. The average molecular weight is 266 g/mol. The molecule has 0 N–H and O–H groups in total. The number of benzene rings is 1. The van der Waals surface area contributed by atoms with Crippen molar-refractivity contribution < 1.29 is 4.79 Å². The largest absolute Gasteiger partial charge is 0.333 e. The Bertz CT molecular complexity index is 666. The van der Waals surface area contributed by atoms with E-state index < -0.39 is 0 Å². The summed E-state index contributed by atoms with van der Waals surface area (Å²) in [6, 6.07) is 9.23. The Morgan fingerprint density at radius 2 is 2.10 bits per heavy atom. The van der Waals surface area contributed by atoms with Gasteiger partial charge in [0.15, 0.2) is 0 Å². The van der Waals surface area contributed by atoms with Crippen LogP contribution in [-0.2, 0) is 24.3 Å². The van der Waals surface area contributed by atoms with Crippen LogP contribution in [-0.4, -0.2) is 26.9 Å². The Kier molecular flexibility index (Phi) is 3.21. The standard InChI is InChI=1S/C15H14N4O/c16-10-13-3-1-12(2-4-13)9-15(20)19-8-7-18-6-5-17-14(18)11-19/h1-6H,7-9,11H2. The van der Waals surface area contributed by atoms with Gasteiger partial charge in [0.25, 0.3) is 0 Å². The first kappa shape index (κ1) is 12.4. The lowest BCUT2D eigenvalue weighted by Gasteiger charge is -2.27. The molecule has 0 fully saturated rings. The normalized spacial score (nSPS) is 13.7. The summed E-state index contributed by atoms with van der Waals surface area (Å²) in [5, 5.41) is 8.75. The minimum Gasteiger partial charge on any atom is -0.333 e. The Morgan fingerprint density at radius 1 is 1.30 bits per heavy atom. The van der Waals surface area contributed by atoms with Gasteiger partial charge in [-0.05, 0) is 17.7 Å². The zero-order valence-electron chi connectivity index (χ0n) is 11.0. The summed E-state index contributed by atoms with van der Waals surface area (Å²) in [6.07, 6.45) is 4.08. The molecule has 1 aromatic heterocycles. The third-order valence-corrected chi connectivity index (χ3v) is 3.54. The van der Waals surface area contributed by atoms with Crippen LogP contribution in [0.5, 0.6) is 0 Å². The van der Waals surface area contributed by atoms with E-state index in [1.165, 1.54) is 0 Å². The number of rotatable bonds is 2. The van der Waals surface area contributed by atoms with Crippen LogP contribution in [0.1, 0.15) is 17.0 Å². The van der Waals surface area contributed by atoms with Crippen LogP contribution in [0.3, 0.4) is 0 Å². The topological polar surface area (TPSA) is 61.9 Å². The van der Waals surface area contributed by atoms with E-state index in [1.807, 2.05) is 23.2 Å². The van der Waals surface area contributed by atoms with Crippen molar-refractivity contribution in [3.63, 3.8) is 0 Å². The molecule has 0 saturated heterocycles. The van der Waals surface area contributed by atoms with Crippen molar-refractivity contribution in [2.75, 3.05) is 6.54 Å². The summed E-state index contributed by atoms with van der Waals surface area (Å²) >= 11 is 0. The van der Waals surface area contributed by atoms with Gasteiger partial charge in [0, 0.05) is 25.5 Å². The number of nitriles is 1. The van der Waals surface area contributed by atoms with Gasteiger partial charge in [-0.2, -0.15) is 5.26 Å². The van der Waals surface area contributed by atoms with E-state index in [9.17, 15) is 4.79 Å². The van der Waals surface area contributed by atoms with Gasteiger partial charge < -0.3 is 9.47 Å². The van der Waals surface area contributed by atoms with Crippen LogP contribution >= 0.6 is 0 Å². The highest BCUT2D eigenvalue weighted by Crippen LogP contribution is 2.12. The number of imidazole rings is 1. The van der Waals surface area contributed by atoms with Crippen molar-refractivity contribution in [2.24, 2.45) is 0 Å². The van der Waals surface area contributed by atoms with Gasteiger partial charge in [0.2, 0.25) is 5.91 Å². The SMILES string of the molecule is N#Cc1ccc(CC(=O)N2CCn3ccnc3C2)cc1. The maximum atomic E-state index is 12.3. The highest BCUT2D eigenvalue weighted by atomic mass is 16.2. The predicted molar refractivity (Wildman–Crippen MR) is 72.5 cm³/mol. The summed E-state index contributed by atoms with van der Waals surface area (Å²) in [5.74, 6) is 1.04. The molecular formula is C15H14N4O. The first-order chi connectivity index (χ1) is 9.76. The Hall–Kier alpha value is -2.61. The molecule has 0 aliphatic carbocycles. The third-order valence-electron chi connectivity index (χ3n) is 3.54. The van der Waals surface area contributed by atoms with Gasteiger partial charge in [-0.3, -0.25) is 4.79 Å². The molecule has 20 heavy (non-hydrogen) atoms. The lowest BCUT2D eigenvalue weighted by molar-refractivity contribution is -0.132. The molecule has 2 aromatic rings. The molecule has 0 radical (unpaired) electrons. The molecule has 5 nitrogen and oxygen atoms in total. The lowest BCUT2D eigenvalue weighted by atomic mass is 10.1. The number of fused-ring (bicyclic) bond motifs is 1. The minimum absolute atomic E-state index is 0.101. The first-order valence-electron chi connectivity index (χ1n) is 6.53. The molecule has 0 atom stereocenters. The van der Waals surface area contributed by atoms with Crippen molar-refractivity contribution in [2.45, 2.75) is 19.5 Å². The van der Waals surface area contributed by atoms with E-state index in [1.54, 1.807) is 18.3 Å². The molecule has 1 aliphatic rings. The maximum Gasteiger partial charge on any atom is 0.227 e. The van der Waals surface area contributed by atoms with E-state index in [2.05, 4.69) is 15.6 Å². The van der Waals surface area contributed by atoms with E-state index >= 15 is 0 Å². The summed E-state index contributed by atoms with van der Waals surface area (Å²) < 4.78 is 2.07. The van der Waals surface area contributed by atoms with Gasteiger partial charge in [0.05, 0.1) is 24.6 Å². The fraction of sp³-hybridized carbons (Fsp3) is 0.267. The Balaban J connectivity index is 1.66. The summed E-state index contributed by atoms with van der Waals surface area (Å²) in [5.41, 5.74) is 1.55. The number of aromatic nitrogens is 2. The number of nitrogens with zero attached hydrogens (tertiary/aromatic N) is 4. The fourth-order valence-electron chi connectivity index (χ4n) is 2.37. The molecule has 0 spiro atoms. The summed E-state index contributed by atoms with van der Waals surface area (Å²) in [4.78, 5) is 18.4. The molecule has 0 bridgehead atoms. The van der Waals surface area contributed by atoms with Crippen molar-refractivity contribution in [3.05, 3.63) is 53.6 Å². The number of carbonyl (C=O) groups excluding carboxylic acids is 1. The van der Waals surface area contributed by atoms with Gasteiger partial charge >= 0.3 is 0 Å². The Morgan fingerprint density at radius 3 is 2.85 bits per heavy atom. The number of amides is 1. The third kappa shape index (κ3) is 2.41. The van der Waals surface area contributed by atoms with Crippen LogP contribution in [0.25, 0.3) is 0 Å². The van der Waals surface area contributed by atoms with E-state index in [0.717, 1.165) is 24.5 Å².